The van der Waals surface area contributed by atoms with Crippen LogP contribution in [0.4, 0.5) is 0 Å². The first kappa shape index (κ1) is 24.3. The Hall–Kier alpha value is -1.94. The number of rotatable bonds is 11. The molecular formula is C20H32O4. The summed E-state index contributed by atoms with van der Waals surface area (Å²) in [5, 5.41) is 17.5. The first-order valence-corrected chi connectivity index (χ1v) is 8.68. The van der Waals surface area contributed by atoms with E-state index < -0.39 is 11.9 Å². The van der Waals surface area contributed by atoms with Gasteiger partial charge in [0.25, 0.3) is 0 Å². The van der Waals surface area contributed by atoms with Gasteiger partial charge in [0, 0.05) is 12.8 Å². The minimum atomic E-state index is -0.770. The number of carbonyl (C=O) groups is 2. The average Bonchev–Trinajstić information content (AvgIpc) is 2.52. The van der Waals surface area contributed by atoms with Crippen molar-refractivity contribution in [2.45, 2.75) is 72.1 Å². The lowest BCUT2D eigenvalue weighted by molar-refractivity contribution is -0.143. The van der Waals surface area contributed by atoms with E-state index in [4.69, 9.17) is 23.1 Å². The summed E-state index contributed by atoms with van der Waals surface area (Å²) >= 11 is 0. The topological polar surface area (TPSA) is 74.6 Å². The summed E-state index contributed by atoms with van der Waals surface area (Å²) in [6.45, 7) is 6.09. The molecule has 0 saturated carbocycles. The SMILES string of the molecule is C#CCC(C(=O)O)C(C)CCC.C#CCC(CCCCC)C(=O)O. The summed E-state index contributed by atoms with van der Waals surface area (Å²) in [6, 6.07) is 0. The molecule has 0 aliphatic rings. The number of aliphatic carboxylic acids is 2. The molecule has 0 heterocycles. The van der Waals surface area contributed by atoms with E-state index >= 15 is 0 Å². The maximum absolute atomic E-state index is 10.7. The van der Waals surface area contributed by atoms with Crippen LogP contribution in [0.5, 0.6) is 0 Å². The van der Waals surface area contributed by atoms with E-state index in [2.05, 4.69) is 18.8 Å². The number of unbranched alkanes of at least 4 members (excludes halogenated alkanes) is 2. The van der Waals surface area contributed by atoms with Crippen molar-refractivity contribution in [1.29, 1.82) is 0 Å². The van der Waals surface area contributed by atoms with Crippen LogP contribution in [0.3, 0.4) is 0 Å². The molecule has 24 heavy (non-hydrogen) atoms. The van der Waals surface area contributed by atoms with Crippen LogP contribution in [0.25, 0.3) is 0 Å². The highest BCUT2D eigenvalue weighted by molar-refractivity contribution is 5.70. The van der Waals surface area contributed by atoms with Crippen molar-refractivity contribution in [1.82, 2.24) is 0 Å². The highest BCUT2D eigenvalue weighted by Crippen LogP contribution is 2.20. The summed E-state index contributed by atoms with van der Waals surface area (Å²) in [4.78, 5) is 21.3. The fraction of sp³-hybridized carbons (Fsp3) is 0.700. The quantitative estimate of drug-likeness (QED) is 0.432. The Labute approximate surface area is 147 Å². The Balaban J connectivity index is 0. The maximum Gasteiger partial charge on any atom is 0.307 e. The maximum atomic E-state index is 10.7. The molecule has 0 rings (SSSR count). The molecule has 4 heteroatoms. The molecule has 0 fully saturated rings. The minimum Gasteiger partial charge on any atom is -0.481 e. The van der Waals surface area contributed by atoms with Gasteiger partial charge in [0.15, 0.2) is 0 Å². The van der Waals surface area contributed by atoms with Gasteiger partial charge >= 0.3 is 11.9 Å². The predicted octanol–water partition coefficient (Wildman–Crippen LogP) is 4.44. The highest BCUT2D eigenvalue weighted by atomic mass is 16.4. The van der Waals surface area contributed by atoms with Crippen molar-refractivity contribution < 1.29 is 19.8 Å². The fourth-order valence-electron chi connectivity index (χ4n) is 2.41. The van der Waals surface area contributed by atoms with E-state index in [0.717, 1.165) is 32.1 Å². The minimum absolute atomic E-state index is 0.184. The normalized spacial score (nSPS) is 13.4. The molecular weight excluding hydrogens is 304 g/mol. The van der Waals surface area contributed by atoms with Crippen LogP contribution >= 0.6 is 0 Å². The summed E-state index contributed by atoms with van der Waals surface area (Å²) in [5.41, 5.74) is 0. The molecule has 0 spiro atoms. The fourth-order valence-corrected chi connectivity index (χ4v) is 2.41. The molecule has 3 unspecified atom stereocenters. The molecule has 0 amide bonds. The van der Waals surface area contributed by atoms with Gasteiger partial charge in [0.05, 0.1) is 11.8 Å². The molecule has 0 aliphatic carbocycles. The lowest BCUT2D eigenvalue weighted by Crippen LogP contribution is -2.21. The van der Waals surface area contributed by atoms with E-state index in [0.29, 0.717) is 19.3 Å². The summed E-state index contributed by atoms with van der Waals surface area (Å²) in [7, 11) is 0. The molecule has 2 N–H and O–H groups in total. The molecule has 4 nitrogen and oxygen atoms in total. The lowest BCUT2D eigenvalue weighted by Gasteiger charge is -2.16. The van der Waals surface area contributed by atoms with Gasteiger partial charge in [-0.3, -0.25) is 9.59 Å². The second-order valence-electron chi connectivity index (χ2n) is 6.06. The zero-order valence-electron chi connectivity index (χ0n) is 15.3. The Morgan fingerprint density at radius 2 is 1.50 bits per heavy atom. The molecule has 0 aromatic heterocycles. The monoisotopic (exact) mass is 336 g/mol. The summed E-state index contributed by atoms with van der Waals surface area (Å²) < 4.78 is 0. The standard InChI is InChI=1S/2C10H16O2/c1-4-6-8(3)9(7-5-2)10(11)12;1-3-5-6-8-9(7-4-2)10(11)12/h2,8-9H,4,6-7H2,1,3H3,(H,11,12);2,9H,3,5-8H2,1H3,(H,11,12). The molecule has 0 aromatic carbocycles. The van der Waals surface area contributed by atoms with Gasteiger partial charge in [-0.2, -0.15) is 0 Å². The number of carboxylic acid groups (broad SMARTS) is 2. The second-order valence-corrected chi connectivity index (χ2v) is 6.06. The van der Waals surface area contributed by atoms with Crippen LogP contribution in [0.15, 0.2) is 0 Å². The van der Waals surface area contributed by atoms with E-state index in [1.807, 2.05) is 13.8 Å². The van der Waals surface area contributed by atoms with Crippen LogP contribution in [0.2, 0.25) is 0 Å². The Bertz CT molecular complexity index is 428. The smallest absolute Gasteiger partial charge is 0.307 e. The van der Waals surface area contributed by atoms with Gasteiger partial charge in [-0.1, -0.05) is 52.9 Å². The highest BCUT2D eigenvalue weighted by Gasteiger charge is 2.22. The third-order valence-electron chi connectivity index (χ3n) is 3.96. The Morgan fingerprint density at radius 1 is 0.917 bits per heavy atom. The van der Waals surface area contributed by atoms with Gasteiger partial charge < -0.3 is 10.2 Å². The third-order valence-corrected chi connectivity index (χ3v) is 3.96. The van der Waals surface area contributed by atoms with E-state index in [9.17, 15) is 9.59 Å². The van der Waals surface area contributed by atoms with Gasteiger partial charge in [-0.25, -0.2) is 0 Å². The zero-order valence-corrected chi connectivity index (χ0v) is 15.3. The molecule has 0 aliphatic heterocycles. The molecule has 0 aromatic rings. The van der Waals surface area contributed by atoms with Crippen LogP contribution in [-0.4, -0.2) is 22.2 Å². The number of hydrogen-bond donors (Lipinski definition) is 2. The van der Waals surface area contributed by atoms with Crippen molar-refractivity contribution in [3.8, 4) is 24.7 Å². The van der Waals surface area contributed by atoms with E-state index in [1.165, 1.54) is 0 Å². The van der Waals surface area contributed by atoms with Crippen molar-refractivity contribution >= 4 is 11.9 Å². The van der Waals surface area contributed by atoms with E-state index in [1.54, 1.807) is 0 Å². The Kier molecular flexibility index (Phi) is 16.1. The first-order chi connectivity index (χ1) is 11.3. The predicted molar refractivity (Wildman–Crippen MR) is 97.4 cm³/mol. The molecule has 0 bridgehead atoms. The number of hydrogen-bond acceptors (Lipinski definition) is 2. The van der Waals surface area contributed by atoms with Crippen molar-refractivity contribution in [2.24, 2.45) is 17.8 Å². The lowest BCUT2D eigenvalue weighted by atomic mass is 9.88. The van der Waals surface area contributed by atoms with Crippen LogP contribution in [-0.2, 0) is 9.59 Å². The summed E-state index contributed by atoms with van der Waals surface area (Å²) in [6.07, 6.45) is 16.7. The van der Waals surface area contributed by atoms with Gasteiger partial charge in [0.2, 0.25) is 0 Å². The zero-order chi connectivity index (χ0) is 19.0. The second kappa shape index (κ2) is 15.9. The van der Waals surface area contributed by atoms with Crippen LogP contribution < -0.4 is 0 Å². The van der Waals surface area contributed by atoms with Crippen molar-refractivity contribution in [2.75, 3.05) is 0 Å². The number of terminal acetylenes is 2. The van der Waals surface area contributed by atoms with Crippen LogP contribution in [0, 0.1) is 42.4 Å². The van der Waals surface area contributed by atoms with Crippen molar-refractivity contribution in [3.05, 3.63) is 0 Å². The third kappa shape index (κ3) is 12.6. The van der Waals surface area contributed by atoms with Gasteiger partial charge in [-0.15, -0.1) is 24.7 Å². The van der Waals surface area contributed by atoms with Gasteiger partial charge in [0.1, 0.15) is 0 Å². The van der Waals surface area contributed by atoms with Gasteiger partial charge in [-0.05, 0) is 12.3 Å². The summed E-state index contributed by atoms with van der Waals surface area (Å²) in [5.74, 6) is 2.76. The van der Waals surface area contributed by atoms with Crippen molar-refractivity contribution in [3.63, 3.8) is 0 Å². The molecule has 0 saturated heterocycles. The molecule has 0 radical (unpaired) electrons. The molecule has 136 valence electrons. The first-order valence-electron chi connectivity index (χ1n) is 8.68. The molecule has 3 atom stereocenters. The average molecular weight is 336 g/mol. The Morgan fingerprint density at radius 3 is 1.88 bits per heavy atom. The van der Waals surface area contributed by atoms with Crippen LogP contribution in [0.1, 0.15) is 72.1 Å². The van der Waals surface area contributed by atoms with E-state index in [-0.39, 0.29) is 17.8 Å². The largest absolute Gasteiger partial charge is 0.481 e. The number of carboxylic acids is 2.